The fourth-order valence-corrected chi connectivity index (χ4v) is 5.14. The number of amides is 2. The molecule has 3 aromatic carbocycles. The number of rotatable bonds is 10. The lowest BCUT2D eigenvalue weighted by Crippen LogP contribution is -2.42. The van der Waals surface area contributed by atoms with Crippen molar-refractivity contribution in [3.8, 4) is 0 Å². The van der Waals surface area contributed by atoms with Gasteiger partial charge < -0.3 is 15.1 Å². The smallest absolute Gasteiger partial charge is 0.251 e. The molecule has 4 rings (SSSR count). The zero-order valence-electron chi connectivity index (χ0n) is 23.3. The number of hydrogen-bond donors (Lipinski definition) is 1. The molecule has 212 valence electrons. The largest absolute Gasteiger partial charge is 0.378 e. The Balaban J connectivity index is 1.71. The van der Waals surface area contributed by atoms with E-state index in [0.29, 0.717) is 10.8 Å². The van der Waals surface area contributed by atoms with E-state index in [1.807, 2.05) is 51.0 Å². The molecule has 0 saturated carbocycles. The number of aromatic nitrogens is 2. The summed E-state index contributed by atoms with van der Waals surface area (Å²) in [5.74, 6) is -2.23. The highest BCUT2D eigenvalue weighted by Crippen LogP contribution is 2.29. The molecule has 0 fully saturated rings. The van der Waals surface area contributed by atoms with Crippen molar-refractivity contribution in [2.45, 2.75) is 31.6 Å². The van der Waals surface area contributed by atoms with E-state index in [1.165, 1.54) is 29.2 Å². The van der Waals surface area contributed by atoms with Gasteiger partial charge in [-0.1, -0.05) is 42.1 Å². The van der Waals surface area contributed by atoms with Gasteiger partial charge in [-0.05, 0) is 67.9 Å². The van der Waals surface area contributed by atoms with Crippen molar-refractivity contribution in [3.63, 3.8) is 0 Å². The van der Waals surface area contributed by atoms with E-state index in [4.69, 9.17) is 0 Å². The molecule has 0 aliphatic heterocycles. The first-order chi connectivity index (χ1) is 19.6. The Hall–Kier alpha value is -4.31. The highest BCUT2D eigenvalue weighted by molar-refractivity contribution is 7.99. The highest BCUT2D eigenvalue weighted by Gasteiger charge is 2.33. The number of nitrogens with one attached hydrogen (secondary N) is 1. The minimum Gasteiger partial charge on any atom is -0.378 e. The zero-order valence-corrected chi connectivity index (χ0v) is 24.1. The maximum Gasteiger partial charge on any atom is 0.251 e. The van der Waals surface area contributed by atoms with Gasteiger partial charge in [-0.15, -0.1) is 0 Å². The van der Waals surface area contributed by atoms with Gasteiger partial charge >= 0.3 is 0 Å². The van der Waals surface area contributed by atoms with Gasteiger partial charge in [0.15, 0.2) is 5.16 Å². The molecule has 10 heteroatoms. The first-order valence-electron chi connectivity index (χ1n) is 12.9. The summed E-state index contributed by atoms with van der Waals surface area (Å²) in [5, 5.41) is 3.26. The van der Waals surface area contributed by atoms with Crippen LogP contribution >= 0.6 is 11.8 Å². The molecule has 0 aliphatic carbocycles. The van der Waals surface area contributed by atoms with Gasteiger partial charge in [0.2, 0.25) is 5.91 Å². The second kappa shape index (κ2) is 13.4. The molecular weight excluding hydrogens is 544 g/mol. The van der Waals surface area contributed by atoms with Gasteiger partial charge in [-0.2, -0.15) is 0 Å². The van der Waals surface area contributed by atoms with Crippen LogP contribution in [0.4, 0.5) is 20.2 Å². The van der Waals surface area contributed by atoms with Gasteiger partial charge in [0.05, 0.1) is 5.75 Å². The van der Waals surface area contributed by atoms with Crippen molar-refractivity contribution in [3.05, 3.63) is 113 Å². The van der Waals surface area contributed by atoms with E-state index in [1.54, 1.807) is 36.4 Å². The SMILES string of the molecule is Cc1cc(C)nc(SCC(=O)N(Cc2ccccc2F)C(C(=O)Nc2ccc(N(C)C)cc2)c2cccc(F)c2)n1. The van der Waals surface area contributed by atoms with Crippen LogP contribution in [0.2, 0.25) is 0 Å². The second-order valence-electron chi connectivity index (χ2n) is 9.72. The second-order valence-corrected chi connectivity index (χ2v) is 10.7. The molecule has 1 heterocycles. The molecule has 1 aromatic heterocycles. The maximum absolute atomic E-state index is 14.8. The number of aryl methyl sites for hydroxylation is 2. The van der Waals surface area contributed by atoms with Crippen molar-refractivity contribution >= 4 is 35.0 Å². The Bertz CT molecular complexity index is 1510. The van der Waals surface area contributed by atoms with E-state index >= 15 is 0 Å². The molecule has 1 unspecified atom stereocenters. The molecule has 2 amide bonds. The summed E-state index contributed by atoms with van der Waals surface area (Å²) in [7, 11) is 3.81. The van der Waals surface area contributed by atoms with Crippen LogP contribution < -0.4 is 10.2 Å². The number of halogens is 2. The summed E-state index contributed by atoms with van der Waals surface area (Å²) < 4.78 is 29.2. The summed E-state index contributed by atoms with van der Waals surface area (Å²) in [6, 6.07) is 19.3. The highest BCUT2D eigenvalue weighted by atomic mass is 32.2. The van der Waals surface area contributed by atoms with Gasteiger partial charge in [0, 0.05) is 49.0 Å². The topological polar surface area (TPSA) is 78.4 Å². The van der Waals surface area contributed by atoms with Crippen molar-refractivity contribution in [2.24, 2.45) is 0 Å². The van der Waals surface area contributed by atoms with Crippen molar-refractivity contribution < 1.29 is 18.4 Å². The number of nitrogens with zero attached hydrogens (tertiary/aromatic N) is 4. The molecule has 0 radical (unpaired) electrons. The summed E-state index contributed by atoms with van der Waals surface area (Å²) in [6.45, 7) is 3.45. The normalized spacial score (nSPS) is 11.6. The van der Waals surface area contributed by atoms with Crippen LogP contribution in [-0.2, 0) is 16.1 Å². The molecule has 7 nitrogen and oxygen atoms in total. The Labute approximate surface area is 242 Å². The third kappa shape index (κ3) is 7.88. The lowest BCUT2D eigenvalue weighted by Gasteiger charge is -2.31. The Kier molecular flexibility index (Phi) is 9.67. The predicted octanol–water partition coefficient (Wildman–Crippen LogP) is 5.94. The molecule has 4 aromatic rings. The molecule has 41 heavy (non-hydrogen) atoms. The van der Waals surface area contributed by atoms with Crippen LogP contribution in [0.1, 0.15) is 28.6 Å². The van der Waals surface area contributed by atoms with Crippen LogP contribution in [-0.4, -0.2) is 46.5 Å². The Morgan fingerprint density at radius 2 is 1.59 bits per heavy atom. The van der Waals surface area contributed by atoms with Crippen molar-refractivity contribution in [1.29, 1.82) is 0 Å². The number of hydrogen-bond acceptors (Lipinski definition) is 6. The average molecular weight is 576 g/mol. The summed E-state index contributed by atoms with van der Waals surface area (Å²) >= 11 is 1.12. The third-order valence-electron chi connectivity index (χ3n) is 6.28. The fraction of sp³-hybridized carbons (Fsp3) is 0.226. The lowest BCUT2D eigenvalue weighted by atomic mass is 10.0. The maximum atomic E-state index is 14.8. The molecule has 1 N–H and O–H groups in total. The van der Waals surface area contributed by atoms with Crippen LogP contribution in [0.25, 0.3) is 0 Å². The minimum absolute atomic E-state index is 0.117. The minimum atomic E-state index is -1.26. The monoisotopic (exact) mass is 575 g/mol. The quantitative estimate of drug-likeness (QED) is 0.186. The fourth-order valence-electron chi connectivity index (χ4n) is 4.30. The number of carbonyl (C=O) groups excluding carboxylic acids is 2. The molecule has 0 bridgehead atoms. The van der Waals surface area contributed by atoms with Gasteiger partial charge in [-0.25, -0.2) is 18.7 Å². The molecular formula is C31H31F2N5O2S. The van der Waals surface area contributed by atoms with Crippen molar-refractivity contribution in [2.75, 3.05) is 30.1 Å². The van der Waals surface area contributed by atoms with Gasteiger partial charge in [-0.3, -0.25) is 9.59 Å². The van der Waals surface area contributed by atoms with E-state index in [9.17, 15) is 18.4 Å². The van der Waals surface area contributed by atoms with E-state index in [-0.39, 0.29) is 23.4 Å². The molecule has 0 saturated heterocycles. The number of thioether (sulfide) groups is 1. The molecule has 0 aliphatic rings. The Morgan fingerprint density at radius 1 is 0.902 bits per heavy atom. The average Bonchev–Trinajstić information content (AvgIpc) is 2.92. The number of carbonyl (C=O) groups is 2. The predicted molar refractivity (Wildman–Crippen MR) is 158 cm³/mol. The third-order valence-corrected chi connectivity index (χ3v) is 7.11. The number of anilines is 2. The summed E-state index contributed by atoms with van der Waals surface area (Å²) in [6.07, 6.45) is 0. The molecule has 0 spiro atoms. The first kappa shape index (κ1) is 29.7. The van der Waals surface area contributed by atoms with Crippen LogP contribution in [0.15, 0.2) is 84.0 Å². The standard InChI is InChI=1S/C31H31F2N5O2S/c1-20-16-21(2)35-31(34-20)41-19-28(39)38(18-23-8-5-6-11-27(23)33)29(22-9-7-10-24(32)17-22)30(40)36-25-12-14-26(15-13-25)37(3)4/h5-17,29H,18-19H2,1-4H3,(H,36,40). The lowest BCUT2D eigenvalue weighted by molar-refractivity contribution is -0.137. The van der Waals surface area contributed by atoms with Crippen LogP contribution in [0, 0.1) is 25.5 Å². The Morgan fingerprint density at radius 3 is 2.22 bits per heavy atom. The number of benzene rings is 3. The first-order valence-corrected chi connectivity index (χ1v) is 13.9. The molecule has 1 atom stereocenters. The van der Waals surface area contributed by atoms with Crippen LogP contribution in [0.3, 0.4) is 0 Å². The summed E-state index contributed by atoms with van der Waals surface area (Å²) in [5.41, 5.74) is 3.42. The van der Waals surface area contributed by atoms with E-state index in [0.717, 1.165) is 28.8 Å². The summed E-state index contributed by atoms with van der Waals surface area (Å²) in [4.78, 5) is 39.6. The zero-order chi connectivity index (χ0) is 29.5. The van der Waals surface area contributed by atoms with Gasteiger partial charge in [0.25, 0.3) is 5.91 Å². The van der Waals surface area contributed by atoms with Crippen molar-refractivity contribution in [1.82, 2.24) is 14.9 Å². The van der Waals surface area contributed by atoms with E-state index in [2.05, 4.69) is 15.3 Å². The van der Waals surface area contributed by atoms with Crippen LogP contribution in [0.5, 0.6) is 0 Å². The van der Waals surface area contributed by atoms with Gasteiger partial charge in [0.1, 0.15) is 17.7 Å². The van der Waals surface area contributed by atoms with E-state index < -0.39 is 29.5 Å².